The van der Waals surface area contributed by atoms with Gasteiger partial charge >= 0.3 is 0 Å². The normalized spacial score (nSPS) is 16.5. The number of benzene rings is 2. The van der Waals surface area contributed by atoms with Crippen LogP contribution in [-0.2, 0) is 6.42 Å². The smallest absolute Gasteiger partial charge is 0.229 e. The lowest BCUT2D eigenvalue weighted by Gasteiger charge is -2.34. The lowest BCUT2D eigenvalue weighted by molar-refractivity contribution is 0.0747. The molecule has 36 heavy (non-hydrogen) atoms. The minimum atomic E-state index is -1.32. The van der Waals surface area contributed by atoms with E-state index in [1.807, 2.05) is 6.07 Å². The summed E-state index contributed by atoms with van der Waals surface area (Å²) >= 11 is 0. The average molecular weight is 489 g/mol. The quantitative estimate of drug-likeness (QED) is 0.247. The summed E-state index contributed by atoms with van der Waals surface area (Å²) in [7, 11) is 0. The van der Waals surface area contributed by atoms with E-state index in [0.29, 0.717) is 34.5 Å². The molecule has 1 aliphatic rings. The molecule has 2 aromatic carbocycles. The van der Waals surface area contributed by atoms with Gasteiger partial charge in [-0.3, -0.25) is 4.79 Å². The van der Waals surface area contributed by atoms with E-state index in [1.54, 1.807) is 42.5 Å². The van der Waals surface area contributed by atoms with Gasteiger partial charge in [0.05, 0.1) is 0 Å². The van der Waals surface area contributed by atoms with E-state index in [2.05, 4.69) is 35.4 Å². The van der Waals surface area contributed by atoms with Crippen LogP contribution in [0.15, 0.2) is 54.6 Å². The number of ketones is 1. The number of Topliss-reactive ketones (excluding diaryl/α,β-unsaturated/α-hetero) is 1. The summed E-state index contributed by atoms with van der Waals surface area (Å²) in [5.41, 5.74) is 9.03. The molecule has 1 saturated heterocycles. The Morgan fingerprint density at radius 3 is 2.72 bits per heavy atom. The van der Waals surface area contributed by atoms with Gasteiger partial charge in [0.1, 0.15) is 11.9 Å². The van der Waals surface area contributed by atoms with Crippen molar-refractivity contribution in [2.45, 2.75) is 51.7 Å². The summed E-state index contributed by atoms with van der Waals surface area (Å²) in [6, 6.07) is 16.4. The van der Waals surface area contributed by atoms with Crippen LogP contribution in [0.4, 0.5) is 23.1 Å². The number of aromatic nitrogens is 2. The Hall–Kier alpha value is -3.49. The molecule has 1 aliphatic heterocycles. The van der Waals surface area contributed by atoms with Crippen molar-refractivity contribution in [3.8, 4) is 0 Å². The molecule has 8 nitrogen and oxygen atoms in total. The third-order valence-electron chi connectivity index (χ3n) is 6.37. The molecule has 0 radical (unpaired) electrons. The van der Waals surface area contributed by atoms with E-state index < -0.39 is 6.10 Å². The van der Waals surface area contributed by atoms with Gasteiger partial charge in [-0.05, 0) is 49.6 Å². The number of likely N-dealkylation sites (N-methyl/N-ethyl adjacent to an activating group) is 1. The number of piperidine rings is 1. The summed E-state index contributed by atoms with van der Waals surface area (Å²) in [6.07, 6.45) is 2.78. The fourth-order valence-corrected chi connectivity index (χ4v) is 4.67. The minimum absolute atomic E-state index is 0.379. The topological polar surface area (TPSA) is 116 Å². The van der Waals surface area contributed by atoms with E-state index in [9.17, 15) is 9.90 Å². The molecule has 0 amide bonds. The minimum Gasteiger partial charge on any atom is -0.399 e. The van der Waals surface area contributed by atoms with Crippen molar-refractivity contribution in [1.82, 2.24) is 15.3 Å². The number of hydrogen-bond donors (Lipinski definition) is 4. The zero-order valence-corrected chi connectivity index (χ0v) is 21.1. The Labute approximate surface area is 213 Å². The van der Waals surface area contributed by atoms with Crippen LogP contribution in [0.3, 0.4) is 0 Å². The highest BCUT2D eigenvalue weighted by Crippen LogP contribution is 2.27. The van der Waals surface area contributed by atoms with Gasteiger partial charge in [-0.15, -0.1) is 0 Å². The average Bonchev–Trinajstić information content (AvgIpc) is 2.88. The van der Waals surface area contributed by atoms with E-state index in [0.717, 1.165) is 50.4 Å². The zero-order valence-electron chi connectivity index (χ0n) is 21.1. The second-order valence-electron chi connectivity index (χ2n) is 9.28. The number of carbonyl (C=O) groups excluding carboxylic acids is 1. The molecule has 8 heteroatoms. The van der Waals surface area contributed by atoms with Crippen molar-refractivity contribution in [2.75, 3.05) is 35.6 Å². The third kappa shape index (κ3) is 6.38. The number of aliphatic hydroxyl groups excluding tert-OH is 1. The summed E-state index contributed by atoms with van der Waals surface area (Å²) in [5.74, 6) is 1.000. The second kappa shape index (κ2) is 12.0. The molecule has 1 unspecified atom stereocenters. The lowest BCUT2D eigenvalue weighted by Crippen LogP contribution is -2.46. The summed E-state index contributed by atoms with van der Waals surface area (Å²) in [5, 5.41) is 17.6. The van der Waals surface area contributed by atoms with E-state index in [4.69, 9.17) is 15.7 Å². The number of hydrogen-bond acceptors (Lipinski definition) is 8. The second-order valence-corrected chi connectivity index (χ2v) is 9.28. The Morgan fingerprint density at radius 1 is 1.17 bits per heavy atom. The highest BCUT2D eigenvalue weighted by Gasteiger charge is 2.22. The van der Waals surface area contributed by atoms with E-state index in [1.165, 1.54) is 6.42 Å². The number of nitrogens with zero attached hydrogens (tertiary/aromatic N) is 3. The molecule has 1 aromatic heterocycles. The first-order chi connectivity index (χ1) is 17.5. The highest BCUT2D eigenvalue weighted by molar-refractivity contribution is 6.00. The zero-order chi connectivity index (χ0) is 25.5. The molecule has 0 saturated carbocycles. The van der Waals surface area contributed by atoms with Gasteiger partial charge in [-0.1, -0.05) is 50.6 Å². The van der Waals surface area contributed by atoms with Crippen molar-refractivity contribution < 1.29 is 9.90 Å². The molecular formula is C28H36N6O2. The predicted molar refractivity (Wildman–Crippen MR) is 145 cm³/mol. The monoisotopic (exact) mass is 488 g/mol. The first kappa shape index (κ1) is 25.6. The molecule has 0 spiro atoms. The van der Waals surface area contributed by atoms with Gasteiger partial charge < -0.3 is 26.4 Å². The van der Waals surface area contributed by atoms with Crippen LogP contribution >= 0.6 is 0 Å². The van der Waals surface area contributed by atoms with E-state index in [-0.39, 0.29) is 5.78 Å². The largest absolute Gasteiger partial charge is 0.399 e. The molecule has 190 valence electrons. The Morgan fingerprint density at radius 2 is 1.97 bits per heavy atom. The van der Waals surface area contributed by atoms with Crippen LogP contribution in [-0.4, -0.2) is 46.5 Å². The van der Waals surface area contributed by atoms with Gasteiger partial charge in [0.2, 0.25) is 5.95 Å². The maximum absolute atomic E-state index is 12.8. The van der Waals surface area contributed by atoms with Gasteiger partial charge in [-0.25, -0.2) is 4.98 Å². The number of aliphatic hydroxyl groups is 1. The van der Waals surface area contributed by atoms with Crippen LogP contribution in [0.2, 0.25) is 0 Å². The van der Waals surface area contributed by atoms with Crippen LogP contribution in [0.25, 0.3) is 0 Å². The predicted octanol–water partition coefficient (Wildman–Crippen LogP) is 4.25. The molecule has 2 heterocycles. The van der Waals surface area contributed by atoms with Crippen molar-refractivity contribution in [1.29, 1.82) is 0 Å². The highest BCUT2D eigenvalue weighted by atomic mass is 16.3. The number of nitrogens with one attached hydrogen (secondary N) is 2. The number of anilines is 4. The Balaban J connectivity index is 1.59. The molecular weight excluding hydrogens is 452 g/mol. The summed E-state index contributed by atoms with van der Waals surface area (Å²) in [6.45, 7) is 7.08. The van der Waals surface area contributed by atoms with Crippen molar-refractivity contribution in [3.63, 3.8) is 0 Å². The fraction of sp³-hybridized carbons (Fsp3) is 0.393. The number of carbonyl (C=O) groups is 1. The standard InChI is InChI=1S/C28H36N6O2/c1-3-9-22-17-25(34-13-8-12-23(18-34)30-4-2)33-28(31-22)32-24-15-20(14-21(29)16-24)27(36)26(35)19-10-6-5-7-11-19/h5-7,10-11,14-17,23,27,30,36H,3-4,8-9,12-13,18,29H2,1-2H3,(H,31,32,33)/t23?,27-/m1/s1. The third-order valence-corrected chi connectivity index (χ3v) is 6.37. The summed E-state index contributed by atoms with van der Waals surface area (Å²) in [4.78, 5) is 24.6. The van der Waals surface area contributed by atoms with Gasteiger partial charge in [0.25, 0.3) is 0 Å². The lowest BCUT2D eigenvalue weighted by atomic mass is 9.99. The molecule has 1 fully saturated rings. The summed E-state index contributed by atoms with van der Waals surface area (Å²) < 4.78 is 0. The van der Waals surface area contributed by atoms with Crippen molar-refractivity contribution >= 4 is 28.9 Å². The molecule has 5 N–H and O–H groups in total. The molecule has 3 aromatic rings. The van der Waals surface area contributed by atoms with Crippen LogP contribution in [0, 0.1) is 0 Å². The number of nitrogens with two attached hydrogens (primary N) is 1. The molecule has 0 bridgehead atoms. The number of nitrogen functional groups attached to an aromatic ring is 1. The van der Waals surface area contributed by atoms with Gasteiger partial charge in [0, 0.05) is 47.8 Å². The van der Waals surface area contributed by atoms with Crippen LogP contribution in [0.1, 0.15) is 60.8 Å². The number of aryl methyl sites for hydroxylation is 1. The van der Waals surface area contributed by atoms with Crippen LogP contribution in [0.5, 0.6) is 0 Å². The van der Waals surface area contributed by atoms with Crippen molar-refractivity contribution in [2.24, 2.45) is 0 Å². The Kier molecular flexibility index (Phi) is 8.51. The van der Waals surface area contributed by atoms with Crippen LogP contribution < -0.4 is 21.3 Å². The molecule has 0 aliphatic carbocycles. The Bertz CT molecular complexity index is 1170. The van der Waals surface area contributed by atoms with Gasteiger partial charge in [-0.2, -0.15) is 4.98 Å². The fourth-order valence-electron chi connectivity index (χ4n) is 4.67. The first-order valence-electron chi connectivity index (χ1n) is 12.8. The number of rotatable bonds is 10. The molecule has 2 atom stereocenters. The maximum atomic E-state index is 12.8. The van der Waals surface area contributed by atoms with Gasteiger partial charge in [0.15, 0.2) is 5.78 Å². The van der Waals surface area contributed by atoms with Crippen molar-refractivity contribution in [3.05, 3.63) is 71.4 Å². The SMILES string of the molecule is CCCc1cc(N2CCCC(NCC)C2)nc(Nc2cc(N)cc([C@@H](O)C(=O)c3ccccc3)c2)n1. The molecule has 4 rings (SSSR count). The van der Waals surface area contributed by atoms with E-state index >= 15 is 0 Å². The maximum Gasteiger partial charge on any atom is 0.229 e. The first-order valence-corrected chi connectivity index (χ1v) is 12.8.